The average Bonchev–Trinajstić information content (AvgIpc) is 2.37. The summed E-state index contributed by atoms with van der Waals surface area (Å²) in [5.74, 6) is -0.393. The van der Waals surface area contributed by atoms with E-state index in [0.29, 0.717) is 17.9 Å². The lowest BCUT2D eigenvalue weighted by Gasteiger charge is -2.12. The Morgan fingerprint density at radius 2 is 1.89 bits per heavy atom. The maximum atomic E-state index is 13.6. The van der Waals surface area contributed by atoms with Gasteiger partial charge in [-0.1, -0.05) is 25.1 Å². The summed E-state index contributed by atoms with van der Waals surface area (Å²) >= 11 is 10.3. The van der Waals surface area contributed by atoms with Gasteiger partial charge in [0.1, 0.15) is 4.64 Å². The number of aliphatic hydroxyl groups excluding tert-OH is 1. The molecule has 0 aliphatic carbocycles. The Morgan fingerprint density at radius 3 is 2.50 bits per heavy atom. The first kappa shape index (κ1) is 15.5. The highest BCUT2D eigenvalue weighted by Gasteiger charge is 2.04. The molecule has 0 saturated heterocycles. The number of unbranched alkanes of at least 4 members (excludes halogenated alkanes) is 3. The first-order chi connectivity index (χ1) is 8.61. The van der Waals surface area contributed by atoms with Gasteiger partial charge in [0.2, 0.25) is 0 Å². The number of hydrogen-bond donors (Lipinski definition) is 1. The Hall–Kier alpha value is -0.590. The predicted octanol–water partition coefficient (Wildman–Crippen LogP) is 3.46. The predicted molar refractivity (Wildman–Crippen MR) is 75.3 cm³/mol. The lowest BCUT2D eigenvalue weighted by molar-refractivity contribution is 0.282. The molecule has 3 nitrogen and oxygen atoms in total. The molecule has 0 amide bonds. The molecule has 0 saturated carbocycles. The van der Waals surface area contributed by atoms with Crippen LogP contribution in [0.5, 0.6) is 0 Å². The van der Waals surface area contributed by atoms with E-state index < -0.39 is 5.82 Å². The minimum Gasteiger partial charge on any atom is -0.396 e. The SMILES string of the molecule is CCn1cc(F)c(=S)n(CCCCCCO)c1=S. The molecule has 0 aliphatic rings. The summed E-state index contributed by atoms with van der Waals surface area (Å²) in [4.78, 5) is 0. The normalized spacial score (nSPS) is 10.8. The van der Waals surface area contributed by atoms with Crippen LogP contribution in [0.1, 0.15) is 32.6 Å². The van der Waals surface area contributed by atoms with Crippen LogP contribution in [0.3, 0.4) is 0 Å². The molecular formula is C12H19FN2OS2. The lowest BCUT2D eigenvalue weighted by atomic mass is 10.2. The van der Waals surface area contributed by atoms with Crippen LogP contribution >= 0.6 is 24.4 Å². The van der Waals surface area contributed by atoms with E-state index in [9.17, 15) is 4.39 Å². The molecule has 0 radical (unpaired) electrons. The molecule has 1 rings (SSSR count). The molecule has 1 heterocycles. The van der Waals surface area contributed by atoms with Gasteiger partial charge in [0.05, 0.1) is 0 Å². The zero-order valence-electron chi connectivity index (χ0n) is 10.6. The fourth-order valence-corrected chi connectivity index (χ4v) is 2.43. The fourth-order valence-electron chi connectivity index (χ4n) is 1.78. The van der Waals surface area contributed by atoms with Gasteiger partial charge in [-0.3, -0.25) is 0 Å². The molecule has 0 unspecified atom stereocenters. The van der Waals surface area contributed by atoms with Crippen molar-refractivity contribution in [2.24, 2.45) is 0 Å². The first-order valence-electron chi connectivity index (χ1n) is 6.22. The molecule has 1 aromatic rings. The Labute approximate surface area is 117 Å². The molecule has 1 N–H and O–H groups in total. The highest BCUT2D eigenvalue weighted by molar-refractivity contribution is 7.72. The monoisotopic (exact) mass is 290 g/mol. The Bertz CT molecular complexity index is 496. The third-order valence-electron chi connectivity index (χ3n) is 2.83. The molecule has 102 valence electrons. The van der Waals surface area contributed by atoms with Crippen molar-refractivity contribution in [3.8, 4) is 0 Å². The second-order valence-corrected chi connectivity index (χ2v) is 4.89. The molecule has 0 aromatic carbocycles. The van der Waals surface area contributed by atoms with Crippen molar-refractivity contribution < 1.29 is 9.50 Å². The van der Waals surface area contributed by atoms with Gasteiger partial charge in [0.25, 0.3) is 0 Å². The van der Waals surface area contributed by atoms with Crippen molar-refractivity contribution in [2.45, 2.75) is 45.7 Å². The first-order valence-corrected chi connectivity index (χ1v) is 7.04. The van der Waals surface area contributed by atoms with Crippen molar-refractivity contribution >= 4 is 24.4 Å². The van der Waals surface area contributed by atoms with Crippen molar-refractivity contribution in [3.05, 3.63) is 21.4 Å². The minimum absolute atomic E-state index is 0.187. The number of halogens is 1. The zero-order chi connectivity index (χ0) is 13.5. The molecule has 1 aromatic heterocycles. The molecule has 0 aliphatic heterocycles. The van der Waals surface area contributed by atoms with Crippen molar-refractivity contribution in [2.75, 3.05) is 6.61 Å². The van der Waals surface area contributed by atoms with E-state index in [1.54, 1.807) is 9.13 Å². The van der Waals surface area contributed by atoms with E-state index in [2.05, 4.69) is 0 Å². The van der Waals surface area contributed by atoms with Gasteiger partial charge in [-0.2, -0.15) is 0 Å². The van der Waals surface area contributed by atoms with Crippen molar-refractivity contribution in [1.82, 2.24) is 9.13 Å². The van der Waals surface area contributed by atoms with Gasteiger partial charge in [0.15, 0.2) is 10.6 Å². The molecule has 0 fully saturated rings. The third-order valence-corrected chi connectivity index (χ3v) is 3.70. The smallest absolute Gasteiger partial charge is 0.180 e. The van der Waals surface area contributed by atoms with E-state index in [-0.39, 0.29) is 11.2 Å². The van der Waals surface area contributed by atoms with E-state index in [1.807, 2.05) is 6.92 Å². The van der Waals surface area contributed by atoms with Crippen molar-refractivity contribution in [1.29, 1.82) is 0 Å². The lowest BCUT2D eigenvalue weighted by Crippen LogP contribution is -2.12. The molecule has 6 heteroatoms. The van der Waals surface area contributed by atoms with E-state index in [0.717, 1.165) is 25.7 Å². The summed E-state index contributed by atoms with van der Waals surface area (Å²) in [5.41, 5.74) is 0. The maximum Gasteiger partial charge on any atom is 0.180 e. The second kappa shape index (κ2) is 7.76. The maximum absolute atomic E-state index is 13.6. The Morgan fingerprint density at radius 1 is 1.22 bits per heavy atom. The van der Waals surface area contributed by atoms with E-state index >= 15 is 0 Å². The number of aromatic nitrogens is 2. The van der Waals surface area contributed by atoms with Gasteiger partial charge in [-0.25, -0.2) is 4.39 Å². The van der Waals surface area contributed by atoms with Crippen LogP contribution in [0.25, 0.3) is 0 Å². The quantitative estimate of drug-likeness (QED) is 0.616. The summed E-state index contributed by atoms with van der Waals surface area (Å²) in [6.45, 7) is 3.42. The number of rotatable bonds is 7. The summed E-state index contributed by atoms with van der Waals surface area (Å²) in [6, 6.07) is 0. The number of aryl methyl sites for hydroxylation is 1. The van der Waals surface area contributed by atoms with Gasteiger partial charge < -0.3 is 14.2 Å². The van der Waals surface area contributed by atoms with Crippen LogP contribution < -0.4 is 0 Å². The van der Waals surface area contributed by atoms with Gasteiger partial charge in [-0.05, 0) is 32.0 Å². The number of aliphatic hydroxyl groups is 1. The Kier molecular flexibility index (Phi) is 6.67. The van der Waals surface area contributed by atoms with Crippen molar-refractivity contribution in [3.63, 3.8) is 0 Å². The standard InChI is InChI=1S/C12H19FN2OS2/c1-2-14-9-10(13)11(17)15(12(14)18)7-5-3-4-6-8-16/h9,16H,2-8H2,1H3. The summed E-state index contributed by atoms with van der Waals surface area (Å²) in [6.07, 6.45) is 5.03. The summed E-state index contributed by atoms with van der Waals surface area (Å²) in [5, 5.41) is 8.68. The van der Waals surface area contributed by atoms with Crippen LogP contribution in [0.2, 0.25) is 0 Å². The minimum atomic E-state index is -0.393. The fraction of sp³-hybridized carbons (Fsp3) is 0.667. The van der Waals surface area contributed by atoms with Gasteiger partial charge in [0, 0.05) is 25.9 Å². The second-order valence-electron chi connectivity index (χ2n) is 4.14. The molecule has 0 spiro atoms. The topological polar surface area (TPSA) is 30.1 Å². The molecule has 0 atom stereocenters. The summed E-state index contributed by atoms with van der Waals surface area (Å²) < 4.78 is 17.7. The van der Waals surface area contributed by atoms with Crippen LogP contribution in [-0.2, 0) is 13.1 Å². The third kappa shape index (κ3) is 3.96. The van der Waals surface area contributed by atoms with Gasteiger partial charge in [-0.15, -0.1) is 0 Å². The largest absolute Gasteiger partial charge is 0.396 e. The summed E-state index contributed by atoms with van der Waals surface area (Å²) in [7, 11) is 0. The zero-order valence-corrected chi connectivity index (χ0v) is 12.2. The van der Waals surface area contributed by atoms with Gasteiger partial charge >= 0.3 is 0 Å². The Balaban J connectivity index is 2.79. The number of hydrogen-bond acceptors (Lipinski definition) is 3. The van der Waals surface area contributed by atoms with E-state index in [1.165, 1.54) is 6.20 Å². The number of nitrogens with zero attached hydrogens (tertiary/aromatic N) is 2. The highest BCUT2D eigenvalue weighted by Crippen LogP contribution is 2.08. The van der Waals surface area contributed by atoms with Crippen LogP contribution in [0, 0.1) is 15.2 Å². The highest BCUT2D eigenvalue weighted by atomic mass is 32.1. The average molecular weight is 290 g/mol. The van der Waals surface area contributed by atoms with Crippen LogP contribution in [-0.4, -0.2) is 20.8 Å². The van der Waals surface area contributed by atoms with E-state index in [4.69, 9.17) is 29.5 Å². The molecule has 18 heavy (non-hydrogen) atoms. The molecule has 0 bridgehead atoms. The van der Waals surface area contributed by atoms with Crippen LogP contribution in [0.4, 0.5) is 4.39 Å². The molecular weight excluding hydrogens is 271 g/mol. The van der Waals surface area contributed by atoms with Crippen LogP contribution in [0.15, 0.2) is 6.20 Å².